The van der Waals surface area contributed by atoms with E-state index in [1.165, 1.54) is 12.1 Å². The van der Waals surface area contributed by atoms with E-state index in [0.29, 0.717) is 19.7 Å². The van der Waals surface area contributed by atoms with E-state index in [4.69, 9.17) is 16.3 Å². The van der Waals surface area contributed by atoms with Crippen molar-refractivity contribution in [3.8, 4) is 0 Å². The van der Waals surface area contributed by atoms with Crippen molar-refractivity contribution in [1.29, 1.82) is 0 Å². The topological polar surface area (TPSA) is 60.3 Å². The maximum absolute atomic E-state index is 13.9. The number of carbonyl (C=O) groups is 1. The average molecular weight is 351 g/mol. The highest BCUT2D eigenvalue weighted by Crippen LogP contribution is 2.30. The largest absolute Gasteiger partial charge is 0.370 e. The van der Waals surface area contributed by atoms with E-state index in [9.17, 15) is 9.18 Å². The van der Waals surface area contributed by atoms with Crippen LogP contribution in [0.15, 0.2) is 24.4 Å². The van der Waals surface area contributed by atoms with E-state index in [-0.39, 0.29) is 35.1 Å². The lowest BCUT2D eigenvalue weighted by Gasteiger charge is -2.41. The quantitative estimate of drug-likeness (QED) is 0.831. The van der Waals surface area contributed by atoms with Crippen molar-refractivity contribution >= 4 is 17.5 Å². The van der Waals surface area contributed by atoms with Crippen molar-refractivity contribution in [3.63, 3.8) is 0 Å². The first kappa shape index (κ1) is 15.5. The predicted molar refractivity (Wildman–Crippen MR) is 83.9 cm³/mol. The van der Waals surface area contributed by atoms with E-state index in [2.05, 4.69) is 10.3 Å². The number of hydrogen-bond donors (Lipinski definition) is 0. The maximum Gasteiger partial charge on any atom is 0.227 e. The molecule has 0 bridgehead atoms. The zero-order chi connectivity index (χ0) is 16.7. The summed E-state index contributed by atoms with van der Waals surface area (Å²) in [7, 11) is 0. The summed E-state index contributed by atoms with van der Waals surface area (Å²) in [6, 6.07) is 4.39. The number of halogens is 2. The molecule has 8 heteroatoms. The van der Waals surface area contributed by atoms with Crippen LogP contribution in [0.3, 0.4) is 0 Å². The molecule has 6 nitrogen and oxygen atoms in total. The zero-order valence-corrected chi connectivity index (χ0v) is 13.6. The van der Waals surface area contributed by atoms with Gasteiger partial charge in [-0.1, -0.05) is 22.9 Å². The number of piperidine rings is 1. The minimum absolute atomic E-state index is 0.0281. The number of fused-ring (bicyclic) bond motifs is 3. The molecule has 24 heavy (non-hydrogen) atoms. The van der Waals surface area contributed by atoms with Gasteiger partial charge >= 0.3 is 0 Å². The third-order valence-corrected chi connectivity index (χ3v) is 5.03. The SMILES string of the molecule is O=C(Cc1c(F)cccc1Cl)N1CC[C@H]2OCc3cnnn3[C@@H]2C1. The summed E-state index contributed by atoms with van der Waals surface area (Å²) in [5.74, 6) is -0.599. The van der Waals surface area contributed by atoms with E-state index >= 15 is 0 Å². The summed E-state index contributed by atoms with van der Waals surface area (Å²) >= 11 is 6.02. The van der Waals surface area contributed by atoms with Crippen LogP contribution < -0.4 is 0 Å². The Balaban J connectivity index is 1.51. The molecule has 0 saturated carbocycles. The zero-order valence-electron chi connectivity index (χ0n) is 12.9. The smallest absolute Gasteiger partial charge is 0.227 e. The molecule has 1 aromatic heterocycles. The second-order valence-corrected chi connectivity index (χ2v) is 6.50. The lowest BCUT2D eigenvalue weighted by molar-refractivity contribution is -0.137. The lowest BCUT2D eigenvalue weighted by Crippen LogP contribution is -2.50. The van der Waals surface area contributed by atoms with Gasteiger partial charge < -0.3 is 9.64 Å². The van der Waals surface area contributed by atoms with Gasteiger partial charge in [0.15, 0.2) is 0 Å². The second kappa shape index (κ2) is 6.14. The van der Waals surface area contributed by atoms with E-state index in [1.807, 2.05) is 4.68 Å². The summed E-state index contributed by atoms with van der Waals surface area (Å²) in [6.45, 7) is 1.55. The lowest BCUT2D eigenvalue weighted by atomic mass is 9.99. The molecule has 0 spiro atoms. The first-order valence-electron chi connectivity index (χ1n) is 7.85. The van der Waals surface area contributed by atoms with Crippen LogP contribution >= 0.6 is 11.6 Å². The van der Waals surface area contributed by atoms with Gasteiger partial charge in [0.05, 0.1) is 37.1 Å². The molecule has 2 aliphatic rings. The average Bonchev–Trinajstić information content (AvgIpc) is 3.07. The highest BCUT2D eigenvalue weighted by Gasteiger charge is 2.37. The van der Waals surface area contributed by atoms with Crippen molar-refractivity contribution < 1.29 is 13.9 Å². The molecule has 2 aliphatic heterocycles. The highest BCUT2D eigenvalue weighted by atomic mass is 35.5. The van der Waals surface area contributed by atoms with Crippen LogP contribution in [0.2, 0.25) is 5.02 Å². The van der Waals surface area contributed by atoms with E-state index < -0.39 is 5.82 Å². The molecule has 0 unspecified atom stereocenters. The van der Waals surface area contributed by atoms with Gasteiger partial charge in [-0.05, 0) is 18.6 Å². The predicted octanol–water partition coefficient (Wildman–Crippen LogP) is 1.99. The van der Waals surface area contributed by atoms with Crippen LogP contribution in [-0.2, 0) is 22.6 Å². The van der Waals surface area contributed by atoms with Crippen molar-refractivity contribution in [3.05, 3.63) is 46.5 Å². The summed E-state index contributed by atoms with van der Waals surface area (Å²) in [6.07, 6.45) is 2.38. The number of hydrogen-bond acceptors (Lipinski definition) is 4. The number of amides is 1. The number of ether oxygens (including phenoxy) is 1. The number of carbonyl (C=O) groups excluding carboxylic acids is 1. The van der Waals surface area contributed by atoms with Crippen molar-refractivity contribution in [2.24, 2.45) is 0 Å². The minimum atomic E-state index is -0.453. The second-order valence-electron chi connectivity index (χ2n) is 6.09. The first-order valence-corrected chi connectivity index (χ1v) is 8.22. The Hall–Kier alpha value is -1.99. The Bertz CT molecular complexity index is 761. The summed E-state index contributed by atoms with van der Waals surface area (Å²) in [4.78, 5) is 14.3. The van der Waals surface area contributed by atoms with Gasteiger partial charge in [-0.25, -0.2) is 9.07 Å². The highest BCUT2D eigenvalue weighted by molar-refractivity contribution is 6.31. The standard InChI is InChI=1S/C16H16ClFN4O2/c17-12-2-1-3-13(18)11(12)6-16(23)21-5-4-15-14(8-21)22-10(9-24-15)7-19-20-22/h1-3,7,14-15H,4-6,8-9H2/t14-,15-/m1/s1. The molecule has 1 fully saturated rings. The fraction of sp³-hybridized carbons (Fsp3) is 0.438. The summed E-state index contributed by atoms with van der Waals surface area (Å²) < 4.78 is 21.6. The molecule has 1 saturated heterocycles. The van der Waals surface area contributed by atoms with Gasteiger partial charge in [0.2, 0.25) is 5.91 Å². The monoisotopic (exact) mass is 350 g/mol. The summed E-state index contributed by atoms with van der Waals surface area (Å²) in [5, 5.41) is 8.31. The molecule has 0 N–H and O–H groups in total. The molecule has 4 rings (SSSR count). The van der Waals surface area contributed by atoms with Gasteiger partial charge in [0, 0.05) is 23.7 Å². The molecule has 0 aliphatic carbocycles. The molecule has 1 aromatic carbocycles. The van der Waals surface area contributed by atoms with Crippen LogP contribution in [0.5, 0.6) is 0 Å². The Labute approximate surface area is 143 Å². The Morgan fingerprint density at radius 2 is 2.33 bits per heavy atom. The molecular weight excluding hydrogens is 335 g/mol. The molecule has 126 valence electrons. The summed E-state index contributed by atoms with van der Waals surface area (Å²) in [5.41, 5.74) is 1.15. The van der Waals surface area contributed by atoms with Crippen molar-refractivity contribution in [1.82, 2.24) is 19.9 Å². The van der Waals surface area contributed by atoms with Gasteiger partial charge in [0.25, 0.3) is 0 Å². The van der Waals surface area contributed by atoms with Crippen LogP contribution in [0.25, 0.3) is 0 Å². The first-order chi connectivity index (χ1) is 11.6. The van der Waals surface area contributed by atoms with Crippen molar-refractivity contribution in [2.75, 3.05) is 13.1 Å². The number of aromatic nitrogens is 3. The Kier molecular flexibility index (Phi) is 3.97. The maximum atomic E-state index is 13.9. The van der Waals surface area contributed by atoms with Gasteiger partial charge in [-0.2, -0.15) is 0 Å². The number of likely N-dealkylation sites (tertiary alicyclic amines) is 1. The minimum Gasteiger partial charge on any atom is -0.370 e. The number of benzene rings is 1. The molecule has 0 radical (unpaired) electrons. The van der Waals surface area contributed by atoms with E-state index in [0.717, 1.165) is 12.1 Å². The normalized spacial score (nSPS) is 22.8. The number of nitrogens with zero attached hydrogens (tertiary/aromatic N) is 4. The van der Waals surface area contributed by atoms with Crippen molar-refractivity contribution in [2.45, 2.75) is 31.6 Å². The Morgan fingerprint density at radius 3 is 3.17 bits per heavy atom. The van der Waals surface area contributed by atoms with Crippen LogP contribution in [0.1, 0.15) is 23.7 Å². The third-order valence-electron chi connectivity index (χ3n) is 4.67. The van der Waals surface area contributed by atoms with Crippen LogP contribution in [0.4, 0.5) is 4.39 Å². The van der Waals surface area contributed by atoms with Gasteiger partial charge in [-0.3, -0.25) is 4.79 Å². The molecule has 2 atom stereocenters. The molecular formula is C16H16ClFN4O2. The molecule has 1 amide bonds. The third kappa shape index (κ3) is 2.67. The van der Waals surface area contributed by atoms with Gasteiger partial charge in [0.1, 0.15) is 5.82 Å². The fourth-order valence-corrected chi connectivity index (χ4v) is 3.60. The Morgan fingerprint density at radius 1 is 1.46 bits per heavy atom. The fourth-order valence-electron chi connectivity index (χ4n) is 3.37. The van der Waals surface area contributed by atoms with E-state index in [1.54, 1.807) is 17.2 Å². The van der Waals surface area contributed by atoms with Gasteiger partial charge in [-0.15, -0.1) is 5.10 Å². The van der Waals surface area contributed by atoms with Crippen LogP contribution in [0, 0.1) is 5.82 Å². The number of rotatable bonds is 2. The molecule has 3 heterocycles. The molecule has 2 aromatic rings. The van der Waals surface area contributed by atoms with Crippen LogP contribution in [-0.4, -0.2) is 45.0 Å².